The highest BCUT2D eigenvalue weighted by atomic mass is 35.5. The van der Waals surface area contributed by atoms with Gasteiger partial charge in [0.05, 0.1) is 130 Å². The topological polar surface area (TPSA) is 367 Å². The first-order valence-corrected chi connectivity index (χ1v) is 38.7. The number of rotatable bonds is 34. The molecule has 0 heterocycles. The average molecular weight is 1770 g/mol. The third-order valence-electron chi connectivity index (χ3n) is 21.6. The molecule has 4 aliphatic rings. The summed E-state index contributed by atoms with van der Waals surface area (Å²) in [5, 5.41) is 29.5. The predicted molar refractivity (Wildman–Crippen MR) is 443 cm³/mol. The Labute approximate surface area is 731 Å². The van der Waals surface area contributed by atoms with Gasteiger partial charge in [-0.15, -0.1) is 0 Å². The van der Waals surface area contributed by atoms with Crippen LogP contribution in [0.25, 0.3) is 0 Å². The SMILES string of the molecule is C.COC(=O)[C@@]1(Cc2ccc(O)c(F)c2)CC1C(=O)N(Cc1ccc(OC)cc1OC)OCc1ccc(OC)cc1.COC(=O)[C@@]1(Cc2ccc(O)c(F)c2)CC1C(=O)O.COC(=O)[C@@]1(Cc2ccc(OC(C)=O)c(F)c2)CC1C(=O)Cl.COC(=O)[C@@]1(Cc2ccc(OC(C)=O)c(F)c2)CC1C(=O)N(Cc1ccc(OC)cc1OC)OCc1ccc(OC)cc1.[B]. The van der Waals surface area contributed by atoms with Crippen LogP contribution in [0.5, 0.6) is 57.5 Å². The van der Waals surface area contributed by atoms with E-state index in [4.69, 9.17) is 83.6 Å². The summed E-state index contributed by atoms with van der Waals surface area (Å²) in [7, 11) is 14.2. The maximum Gasteiger partial charge on any atom is 0.313 e. The van der Waals surface area contributed by atoms with E-state index in [1.165, 1.54) is 122 Å². The highest BCUT2D eigenvalue weighted by Crippen LogP contribution is 2.60. The van der Waals surface area contributed by atoms with Crippen molar-refractivity contribution in [1.82, 2.24) is 10.1 Å². The number of benzene rings is 8. The number of halogens is 5. The zero-order valence-electron chi connectivity index (χ0n) is 70.3. The van der Waals surface area contributed by atoms with Crippen molar-refractivity contribution in [1.29, 1.82) is 0 Å². The van der Waals surface area contributed by atoms with Crippen LogP contribution >= 0.6 is 11.6 Å². The van der Waals surface area contributed by atoms with Gasteiger partial charge in [0.1, 0.15) is 47.7 Å². The number of phenolic OH excluding ortho intramolecular Hbond substituents is 2. The molecular formula is C91H97BClF4N2O27. The van der Waals surface area contributed by atoms with Gasteiger partial charge in [-0.25, -0.2) is 27.7 Å². The zero-order valence-corrected chi connectivity index (χ0v) is 71.1. The number of methoxy groups -OCH3 is 10. The number of hydroxylamine groups is 4. The molecular weight excluding hydrogens is 1680 g/mol. The van der Waals surface area contributed by atoms with Gasteiger partial charge in [-0.3, -0.25) is 57.6 Å². The first kappa shape index (κ1) is 100. The molecule has 35 heteroatoms. The highest BCUT2D eigenvalue weighted by molar-refractivity contribution is 6.64. The van der Waals surface area contributed by atoms with Crippen LogP contribution < -0.4 is 37.9 Å². The summed E-state index contributed by atoms with van der Waals surface area (Å²) in [5.41, 5.74) is 0.156. The van der Waals surface area contributed by atoms with Crippen molar-refractivity contribution < 1.29 is 147 Å². The van der Waals surface area contributed by atoms with Crippen molar-refractivity contribution in [2.75, 3.05) is 71.1 Å². The number of aromatic hydroxyl groups is 2. The van der Waals surface area contributed by atoms with Crippen molar-refractivity contribution in [2.45, 2.75) is 98.9 Å². The number of esters is 6. The molecule has 0 aliphatic heterocycles. The van der Waals surface area contributed by atoms with Gasteiger partial charge >= 0.3 is 41.8 Å². The fourth-order valence-corrected chi connectivity index (χ4v) is 14.9. The van der Waals surface area contributed by atoms with Crippen LogP contribution in [0.2, 0.25) is 0 Å². The number of carboxylic acids is 1. The average Bonchev–Trinajstić information content (AvgIpc) is 1.58. The van der Waals surface area contributed by atoms with Crippen LogP contribution in [-0.2, 0) is 129 Å². The Hall–Kier alpha value is -12.9. The molecule has 12 rings (SSSR count). The Morgan fingerprint density at radius 2 is 0.659 bits per heavy atom. The molecule has 8 atom stereocenters. The van der Waals surface area contributed by atoms with Crippen molar-refractivity contribution in [3.8, 4) is 57.5 Å². The summed E-state index contributed by atoms with van der Waals surface area (Å²) in [6.45, 7) is 2.53. The van der Waals surface area contributed by atoms with Crippen molar-refractivity contribution in [3.05, 3.63) is 226 Å². The van der Waals surface area contributed by atoms with Crippen LogP contribution in [-0.4, -0.2) is 164 Å². The minimum atomic E-state index is -1.23. The Balaban J connectivity index is 0.000000241. The van der Waals surface area contributed by atoms with E-state index < -0.39 is 139 Å². The number of phenols is 2. The van der Waals surface area contributed by atoms with E-state index in [9.17, 15) is 70.6 Å². The predicted octanol–water partition coefficient (Wildman–Crippen LogP) is 12.9. The number of nitrogens with zero attached hydrogens (tertiary/aromatic N) is 2. The molecule has 29 nitrogen and oxygen atoms in total. The molecule has 0 spiro atoms. The van der Waals surface area contributed by atoms with Crippen LogP contribution in [0.4, 0.5) is 17.6 Å². The van der Waals surface area contributed by atoms with Gasteiger partial charge in [0.15, 0.2) is 46.3 Å². The van der Waals surface area contributed by atoms with Crippen molar-refractivity contribution in [2.24, 2.45) is 45.3 Å². The Morgan fingerprint density at radius 3 is 0.929 bits per heavy atom. The lowest BCUT2D eigenvalue weighted by molar-refractivity contribution is -0.198. The maximum absolute atomic E-state index is 14.6. The molecule has 8 aromatic rings. The number of carboxylic acid groups (broad SMARTS) is 1. The van der Waals surface area contributed by atoms with Gasteiger partial charge in [-0.05, 0) is 193 Å². The molecule has 0 saturated heterocycles. The summed E-state index contributed by atoms with van der Waals surface area (Å²) in [6, 6.07) is 40.5. The first-order chi connectivity index (χ1) is 59.1. The quantitative estimate of drug-likeness (QED) is 0.00641. The molecule has 8 aromatic carbocycles. The Kier molecular flexibility index (Phi) is 35.0. The number of carbonyl (C=O) groups is 10. The Bertz CT molecular complexity index is 5260. The van der Waals surface area contributed by atoms with E-state index in [0.29, 0.717) is 67.9 Å². The van der Waals surface area contributed by atoms with Gasteiger partial charge < -0.3 is 72.2 Å². The van der Waals surface area contributed by atoms with E-state index in [1.807, 2.05) is 24.3 Å². The van der Waals surface area contributed by atoms with E-state index in [0.717, 1.165) is 29.3 Å². The van der Waals surface area contributed by atoms with Crippen LogP contribution in [0, 0.1) is 68.6 Å². The highest BCUT2D eigenvalue weighted by Gasteiger charge is 2.68. The molecule has 4 unspecified atom stereocenters. The van der Waals surface area contributed by atoms with E-state index in [2.05, 4.69) is 4.74 Å². The number of hydrogen-bond acceptors (Lipinski definition) is 26. The second-order valence-electron chi connectivity index (χ2n) is 29.6. The van der Waals surface area contributed by atoms with Crippen molar-refractivity contribution >= 4 is 78.9 Å². The summed E-state index contributed by atoms with van der Waals surface area (Å²) in [5.74, 6) is -9.48. The number of hydrogen-bond donors (Lipinski definition) is 3. The lowest BCUT2D eigenvalue weighted by Crippen LogP contribution is -2.36. The molecule has 3 radical (unpaired) electrons. The second kappa shape index (κ2) is 44.1. The lowest BCUT2D eigenvalue weighted by atomic mass is 9.93. The summed E-state index contributed by atoms with van der Waals surface area (Å²) in [6.07, 6.45) is 1.12. The van der Waals surface area contributed by atoms with E-state index in [1.54, 1.807) is 88.1 Å². The summed E-state index contributed by atoms with van der Waals surface area (Å²) >= 11 is 5.46. The molecule has 4 aliphatic carbocycles. The van der Waals surface area contributed by atoms with E-state index >= 15 is 0 Å². The summed E-state index contributed by atoms with van der Waals surface area (Å²) in [4.78, 5) is 134. The molecule has 0 aromatic heterocycles. The van der Waals surface area contributed by atoms with E-state index in [-0.39, 0.29) is 105 Å². The smallest absolute Gasteiger partial charge is 0.313 e. The van der Waals surface area contributed by atoms with Crippen LogP contribution in [0.3, 0.4) is 0 Å². The van der Waals surface area contributed by atoms with Crippen LogP contribution in [0.15, 0.2) is 158 Å². The minimum absolute atomic E-state index is 0. The van der Waals surface area contributed by atoms with Crippen LogP contribution in [0.1, 0.15) is 91.5 Å². The first-order valence-electron chi connectivity index (χ1n) is 38.3. The molecule has 4 fully saturated rings. The fraction of sp³-hybridized carbons (Fsp3) is 0.363. The third-order valence-corrected chi connectivity index (χ3v) is 21.9. The molecule has 2 amide bonds. The molecule has 671 valence electrons. The minimum Gasteiger partial charge on any atom is -0.505 e. The third kappa shape index (κ3) is 24.3. The van der Waals surface area contributed by atoms with Gasteiger partial charge in [0.25, 0.3) is 11.8 Å². The normalized spacial score (nSPS) is 19.1. The number of carbonyl (C=O) groups excluding carboxylic acids is 9. The second-order valence-corrected chi connectivity index (χ2v) is 30.0. The summed E-state index contributed by atoms with van der Waals surface area (Å²) < 4.78 is 117. The number of ether oxygens (including phenoxy) is 12. The number of aliphatic carboxylic acids is 1. The molecule has 0 bridgehead atoms. The Morgan fingerprint density at radius 1 is 0.373 bits per heavy atom. The van der Waals surface area contributed by atoms with Gasteiger partial charge in [0.2, 0.25) is 5.24 Å². The fourth-order valence-electron chi connectivity index (χ4n) is 14.6. The van der Waals surface area contributed by atoms with Crippen molar-refractivity contribution in [3.63, 3.8) is 0 Å². The lowest BCUT2D eigenvalue weighted by Gasteiger charge is -2.25. The molecule has 126 heavy (non-hydrogen) atoms. The monoisotopic (exact) mass is 1770 g/mol. The molecule has 3 N–H and O–H groups in total. The van der Waals surface area contributed by atoms with Gasteiger partial charge in [0, 0.05) is 45.5 Å². The molecule has 4 saturated carbocycles. The van der Waals surface area contributed by atoms with Gasteiger partial charge in [-0.1, -0.05) is 56.0 Å². The maximum atomic E-state index is 14.6. The zero-order chi connectivity index (χ0) is 90.7. The number of amides is 2. The van der Waals surface area contributed by atoms with Gasteiger partial charge in [-0.2, -0.15) is 0 Å². The standard InChI is InChI=1S/C32H34FNO9.C30H32FNO8.C15H14ClFO5.C13H13FO5.CH4.B/c1-20(35)43-28-13-8-22(14-27(28)33)16-32(31(37)41-5)17-26(32)30(36)34(42-19-21-6-10-24(38-2)11-7-21)18-23-9-12-25(39-3)15-29(23)40-4;1-36-22-9-5-19(6-10-22)18-40-32(17-21-8-11-23(37-2)14-27(21)38-3)28(34)24-16-30(24,29(35)39-4)15-20-7-12-26(33)25(31)13-20;1-8(18)22-12-4-3-9(5-11(12)17)6-15(14(20)21-2)7-10(15)13(16)19;1-19-12(18)13(6-8(13)11(16)17)5-7-2-3-10(15)9(14)4-7;;/h6-15,26H,16-19H2,1-5H3;5-14,24,33H,15-18H2,1-4H3;3-5,10H,6-7H2,1-2H3;2-4,8,15H,5-6H2,1H3,(H,16,17);1H4;/t26?,32-;24?,30-;10?,15-;8?,13-;;/m0000../s1. The largest absolute Gasteiger partial charge is 0.505 e.